The molecule has 1 aromatic heterocycles. The average molecular weight is 346 g/mol. The first-order valence-corrected chi connectivity index (χ1v) is 9.84. The van der Waals surface area contributed by atoms with Crippen LogP contribution in [0.15, 0.2) is 24.3 Å². The van der Waals surface area contributed by atoms with Crippen molar-refractivity contribution in [2.24, 2.45) is 5.92 Å². The number of rotatable bonds is 7. The third kappa shape index (κ3) is 4.54. The number of carbonyl (C=O) groups is 1. The molecule has 1 fully saturated rings. The van der Waals surface area contributed by atoms with Gasteiger partial charge < -0.3 is 10.2 Å². The molecule has 1 aliphatic heterocycles. The molecular formula is C19H27N3OS. The van der Waals surface area contributed by atoms with Crippen LogP contribution in [0.5, 0.6) is 0 Å². The molecule has 2 heterocycles. The number of likely N-dealkylation sites (tertiary alicyclic amines) is 1. The number of carbonyl (C=O) groups excluding carboxylic acids is 1. The number of hydrogen-bond donors (Lipinski definition) is 1. The van der Waals surface area contributed by atoms with Crippen molar-refractivity contribution in [3.63, 3.8) is 0 Å². The second-order valence-electron chi connectivity index (χ2n) is 6.66. The van der Waals surface area contributed by atoms with Crippen molar-refractivity contribution in [1.82, 2.24) is 15.2 Å². The molecule has 3 rings (SSSR count). The summed E-state index contributed by atoms with van der Waals surface area (Å²) < 4.78 is 1.26. The quantitative estimate of drug-likeness (QED) is 0.782. The standard InChI is InChI=1S/C19H27N3OS/c1-20-14-15-10-12-22(13-11-15)19(23)9-5-4-8-18-21-16-6-2-3-7-17(16)24-18/h2-3,6-7,15,20H,4-5,8-14H2,1H3. The molecule has 1 aromatic carbocycles. The van der Waals surface area contributed by atoms with Crippen LogP contribution < -0.4 is 5.32 Å². The zero-order valence-electron chi connectivity index (χ0n) is 14.5. The van der Waals surface area contributed by atoms with Gasteiger partial charge in [0.25, 0.3) is 0 Å². The Kier molecular flexibility index (Phi) is 6.21. The first kappa shape index (κ1) is 17.4. The fourth-order valence-electron chi connectivity index (χ4n) is 3.41. The van der Waals surface area contributed by atoms with Crippen LogP contribution in [0.3, 0.4) is 0 Å². The number of aromatic nitrogens is 1. The molecule has 24 heavy (non-hydrogen) atoms. The Hall–Kier alpha value is -1.46. The van der Waals surface area contributed by atoms with E-state index in [1.165, 1.54) is 9.71 Å². The van der Waals surface area contributed by atoms with Crippen molar-refractivity contribution in [2.75, 3.05) is 26.7 Å². The molecule has 0 aliphatic carbocycles. The smallest absolute Gasteiger partial charge is 0.222 e. The number of fused-ring (bicyclic) bond motifs is 1. The number of benzene rings is 1. The van der Waals surface area contributed by atoms with Gasteiger partial charge in [-0.2, -0.15) is 0 Å². The van der Waals surface area contributed by atoms with E-state index in [-0.39, 0.29) is 0 Å². The molecule has 2 aromatic rings. The van der Waals surface area contributed by atoms with Gasteiger partial charge >= 0.3 is 0 Å². The number of aryl methyl sites for hydroxylation is 1. The van der Waals surface area contributed by atoms with E-state index in [9.17, 15) is 4.79 Å². The van der Waals surface area contributed by atoms with Gasteiger partial charge in [-0.1, -0.05) is 12.1 Å². The highest BCUT2D eigenvalue weighted by Gasteiger charge is 2.21. The summed E-state index contributed by atoms with van der Waals surface area (Å²) in [5.74, 6) is 1.07. The summed E-state index contributed by atoms with van der Waals surface area (Å²) in [6, 6.07) is 8.28. The van der Waals surface area contributed by atoms with E-state index in [1.54, 1.807) is 11.3 Å². The molecule has 5 heteroatoms. The highest BCUT2D eigenvalue weighted by atomic mass is 32.1. The Labute approximate surface area is 148 Å². The Morgan fingerprint density at radius 1 is 1.29 bits per heavy atom. The van der Waals surface area contributed by atoms with Gasteiger partial charge in [0.05, 0.1) is 15.2 Å². The molecule has 1 aliphatic rings. The maximum Gasteiger partial charge on any atom is 0.222 e. The molecule has 0 unspecified atom stereocenters. The normalized spacial score (nSPS) is 16.0. The van der Waals surface area contributed by atoms with E-state index < -0.39 is 0 Å². The summed E-state index contributed by atoms with van der Waals surface area (Å²) in [6.45, 7) is 2.94. The molecule has 4 nitrogen and oxygen atoms in total. The van der Waals surface area contributed by atoms with Gasteiger partial charge in [-0.25, -0.2) is 4.98 Å². The van der Waals surface area contributed by atoms with Gasteiger partial charge in [0, 0.05) is 19.5 Å². The molecule has 0 radical (unpaired) electrons. The van der Waals surface area contributed by atoms with E-state index in [0.29, 0.717) is 12.3 Å². The van der Waals surface area contributed by atoms with Crippen molar-refractivity contribution in [1.29, 1.82) is 0 Å². The highest BCUT2D eigenvalue weighted by molar-refractivity contribution is 7.18. The molecule has 0 spiro atoms. The predicted molar refractivity (Wildman–Crippen MR) is 100 cm³/mol. The van der Waals surface area contributed by atoms with Crippen LogP contribution >= 0.6 is 11.3 Å². The van der Waals surface area contributed by atoms with E-state index in [1.807, 2.05) is 13.1 Å². The molecule has 130 valence electrons. The summed E-state index contributed by atoms with van der Waals surface area (Å²) in [6.07, 6.45) is 5.95. The second-order valence-corrected chi connectivity index (χ2v) is 7.78. The lowest BCUT2D eigenvalue weighted by Gasteiger charge is -2.32. The van der Waals surface area contributed by atoms with Crippen LogP contribution in [0.1, 0.15) is 37.1 Å². The van der Waals surface area contributed by atoms with Crippen molar-refractivity contribution >= 4 is 27.5 Å². The second kappa shape index (κ2) is 8.58. The number of piperidine rings is 1. The number of nitrogens with zero attached hydrogens (tertiary/aromatic N) is 2. The molecule has 1 saturated heterocycles. The maximum atomic E-state index is 12.3. The zero-order valence-corrected chi connectivity index (χ0v) is 15.3. The van der Waals surface area contributed by atoms with E-state index >= 15 is 0 Å². The lowest BCUT2D eigenvalue weighted by molar-refractivity contribution is -0.132. The lowest BCUT2D eigenvalue weighted by atomic mass is 9.96. The number of para-hydroxylation sites is 1. The SMILES string of the molecule is CNCC1CCN(C(=O)CCCCc2nc3ccccc3s2)CC1. The Morgan fingerprint density at radius 3 is 2.83 bits per heavy atom. The van der Waals surface area contributed by atoms with Crippen LogP contribution in [-0.2, 0) is 11.2 Å². The molecule has 0 saturated carbocycles. The zero-order chi connectivity index (χ0) is 16.8. The maximum absolute atomic E-state index is 12.3. The summed E-state index contributed by atoms with van der Waals surface area (Å²) in [5.41, 5.74) is 1.10. The van der Waals surface area contributed by atoms with Crippen LogP contribution in [0.2, 0.25) is 0 Å². The summed E-state index contributed by atoms with van der Waals surface area (Å²) in [5, 5.41) is 4.43. The lowest BCUT2D eigenvalue weighted by Crippen LogP contribution is -2.40. The van der Waals surface area contributed by atoms with Gasteiger partial charge in [-0.3, -0.25) is 4.79 Å². The third-order valence-corrected chi connectivity index (χ3v) is 5.93. The van der Waals surface area contributed by atoms with E-state index in [2.05, 4.69) is 33.4 Å². The first-order chi connectivity index (χ1) is 11.8. The average Bonchev–Trinajstić information content (AvgIpc) is 3.02. The fraction of sp³-hybridized carbons (Fsp3) is 0.579. The number of nitrogens with one attached hydrogen (secondary N) is 1. The molecule has 1 N–H and O–H groups in total. The summed E-state index contributed by atoms with van der Waals surface area (Å²) in [7, 11) is 2.00. The van der Waals surface area contributed by atoms with Gasteiger partial charge in [0.1, 0.15) is 0 Å². The Morgan fingerprint density at radius 2 is 2.08 bits per heavy atom. The van der Waals surface area contributed by atoms with Gasteiger partial charge in [0.15, 0.2) is 0 Å². The van der Waals surface area contributed by atoms with E-state index in [4.69, 9.17) is 0 Å². The van der Waals surface area contributed by atoms with Crippen molar-refractivity contribution in [3.05, 3.63) is 29.3 Å². The van der Waals surface area contributed by atoms with Crippen LogP contribution in [0.25, 0.3) is 10.2 Å². The van der Waals surface area contributed by atoms with Crippen LogP contribution in [-0.4, -0.2) is 42.5 Å². The number of amides is 1. The third-order valence-electron chi connectivity index (χ3n) is 4.83. The highest BCUT2D eigenvalue weighted by Crippen LogP contribution is 2.23. The molecule has 1 amide bonds. The van der Waals surface area contributed by atoms with Crippen molar-refractivity contribution in [3.8, 4) is 0 Å². The largest absolute Gasteiger partial charge is 0.343 e. The van der Waals surface area contributed by atoms with Gasteiger partial charge in [0.2, 0.25) is 5.91 Å². The first-order valence-electron chi connectivity index (χ1n) is 9.03. The molecule has 0 atom stereocenters. The minimum Gasteiger partial charge on any atom is -0.343 e. The molecular weight excluding hydrogens is 318 g/mol. The topological polar surface area (TPSA) is 45.2 Å². The summed E-state index contributed by atoms with van der Waals surface area (Å²) >= 11 is 1.78. The number of hydrogen-bond acceptors (Lipinski definition) is 4. The van der Waals surface area contributed by atoms with Gasteiger partial charge in [-0.05, 0) is 63.7 Å². The fourth-order valence-corrected chi connectivity index (χ4v) is 4.42. The van der Waals surface area contributed by atoms with Crippen LogP contribution in [0.4, 0.5) is 0 Å². The van der Waals surface area contributed by atoms with Crippen molar-refractivity contribution < 1.29 is 4.79 Å². The minimum atomic E-state index is 0.335. The Bertz CT molecular complexity index is 628. The summed E-state index contributed by atoms with van der Waals surface area (Å²) in [4.78, 5) is 19.0. The van der Waals surface area contributed by atoms with E-state index in [0.717, 1.165) is 63.2 Å². The monoisotopic (exact) mass is 345 g/mol. The molecule has 0 bridgehead atoms. The Balaban J connectivity index is 1.36. The number of thiazole rings is 1. The van der Waals surface area contributed by atoms with Gasteiger partial charge in [-0.15, -0.1) is 11.3 Å². The minimum absolute atomic E-state index is 0.335. The number of unbranched alkanes of at least 4 members (excludes halogenated alkanes) is 1. The van der Waals surface area contributed by atoms with Crippen molar-refractivity contribution in [2.45, 2.75) is 38.5 Å². The predicted octanol–water partition coefficient (Wildman–Crippen LogP) is 3.47. The van der Waals surface area contributed by atoms with Crippen LogP contribution in [0, 0.1) is 5.92 Å².